The summed E-state index contributed by atoms with van der Waals surface area (Å²) >= 11 is 0. The lowest BCUT2D eigenvalue weighted by Gasteiger charge is -2.47. The largest absolute Gasteiger partial charge is 0.299 e. The molecular formula is C13H23NO. The lowest BCUT2D eigenvalue weighted by molar-refractivity contribution is -0.130. The number of piperidine rings is 1. The lowest BCUT2D eigenvalue weighted by Crippen LogP contribution is -2.57. The molecule has 0 N–H and O–H groups in total. The molecule has 0 amide bonds. The highest BCUT2D eigenvalue weighted by Gasteiger charge is 2.46. The molecule has 15 heavy (non-hydrogen) atoms. The molecule has 2 aliphatic rings. The van der Waals surface area contributed by atoms with Gasteiger partial charge in [0.15, 0.2) is 0 Å². The van der Waals surface area contributed by atoms with E-state index in [1.165, 1.54) is 12.8 Å². The van der Waals surface area contributed by atoms with E-state index in [1.807, 2.05) is 0 Å². The molecule has 0 aromatic heterocycles. The van der Waals surface area contributed by atoms with Crippen LogP contribution in [0.5, 0.6) is 0 Å². The molecule has 2 fully saturated rings. The summed E-state index contributed by atoms with van der Waals surface area (Å²) < 4.78 is 0. The van der Waals surface area contributed by atoms with Crippen molar-refractivity contribution in [1.82, 2.24) is 4.90 Å². The van der Waals surface area contributed by atoms with Crippen molar-refractivity contribution in [3.05, 3.63) is 0 Å². The maximum absolute atomic E-state index is 11.6. The standard InChI is InChI=1S/C13H23NO/c1-9-10(2)14(8-7-12(9)15)13(3,4)11-5-6-11/h9-11H,5-8H2,1-4H3. The Morgan fingerprint density at radius 1 is 1.27 bits per heavy atom. The predicted octanol–water partition coefficient (Wildman–Crippen LogP) is 2.47. The number of Topliss-reactive ketones (excluding diaryl/α,β-unsaturated/α-hetero) is 1. The van der Waals surface area contributed by atoms with E-state index in [-0.39, 0.29) is 5.92 Å². The second kappa shape index (κ2) is 3.58. The summed E-state index contributed by atoms with van der Waals surface area (Å²) in [7, 11) is 0. The third-order valence-electron chi connectivity index (χ3n) is 4.64. The first-order chi connectivity index (χ1) is 6.94. The maximum atomic E-state index is 11.6. The summed E-state index contributed by atoms with van der Waals surface area (Å²) in [6.07, 6.45) is 3.50. The van der Waals surface area contributed by atoms with Crippen molar-refractivity contribution in [2.45, 2.75) is 58.5 Å². The minimum Gasteiger partial charge on any atom is -0.299 e. The van der Waals surface area contributed by atoms with Crippen LogP contribution in [0.15, 0.2) is 0 Å². The highest BCUT2D eigenvalue weighted by molar-refractivity contribution is 5.82. The first-order valence-corrected chi connectivity index (χ1v) is 6.24. The number of hydrogen-bond donors (Lipinski definition) is 0. The van der Waals surface area contributed by atoms with Gasteiger partial charge in [-0.15, -0.1) is 0 Å². The normalized spacial score (nSPS) is 34.5. The molecule has 2 atom stereocenters. The van der Waals surface area contributed by atoms with E-state index in [2.05, 4.69) is 32.6 Å². The van der Waals surface area contributed by atoms with Crippen LogP contribution in [0.4, 0.5) is 0 Å². The monoisotopic (exact) mass is 209 g/mol. The predicted molar refractivity (Wildman–Crippen MR) is 61.8 cm³/mol. The molecule has 1 saturated heterocycles. The first-order valence-electron chi connectivity index (χ1n) is 6.24. The van der Waals surface area contributed by atoms with Gasteiger partial charge >= 0.3 is 0 Å². The van der Waals surface area contributed by atoms with Crippen molar-refractivity contribution in [3.8, 4) is 0 Å². The van der Waals surface area contributed by atoms with Crippen molar-refractivity contribution in [2.24, 2.45) is 11.8 Å². The van der Waals surface area contributed by atoms with Gasteiger partial charge in [0.25, 0.3) is 0 Å². The molecular weight excluding hydrogens is 186 g/mol. The van der Waals surface area contributed by atoms with Gasteiger partial charge in [0.2, 0.25) is 0 Å². The van der Waals surface area contributed by atoms with Crippen LogP contribution in [0.1, 0.15) is 47.0 Å². The number of carbonyl (C=O) groups excluding carboxylic acids is 1. The molecule has 2 heteroatoms. The van der Waals surface area contributed by atoms with Gasteiger partial charge in [-0.25, -0.2) is 0 Å². The topological polar surface area (TPSA) is 20.3 Å². The lowest BCUT2D eigenvalue weighted by atomic mass is 9.84. The van der Waals surface area contributed by atoms with Gasteiger partial charge < -0.3 is 0 Å². The Morgan fingerprint density at radius 2 is 1.87 bits per heavy atom. The maximum Gasteiger partial charge on any atom is 0.138 e. The van der Waals surface area contributed by atoms with Crippen LogP contribution in [0.2, 0.25) is 0 Å². The van der Waals surface area contributed by atoms with E-state index in [4.69, 9.17) is 0 Å². The number of hydrogen-bond acceptors (Lipinski definition) is 2. The van der Waals surface area contributed by atoms with Crippen LogP contribution in [0, 0.1) is 11.8 Å². The van der Waals surface area contributed by atoms with Crippen LogP contribution >= 0.6 is 0 Å². The molecule has 86 valence electrons. The van der Waals surface area contributed by atoms with Crippen molar-refractivity contribution < 1.29 is 4.79 Å². The van der Waals surface area contributed by atoms with Crippen molar-refractivity contribution in [2.75, 3.05) is 6.54 Å². The Bertz CT molecular complexity index is 268. The fourth-order valence-corrected chi connectivity index (χ4v) is 3.04. The minimum absolute atomic E-state index is 0.219. The summed E-state index contributed by atoms with van der Waals surface area (Å²) in [4.78, 5) is 14.2. The van der Waals surface area contributed by atoms with Crippen LogP contribution in [-0.2, 0) is 4.79 Å². The Kier molecular flexibility index (Phi) is 2.66. The Labute approximate surface area is 93.0 Å². The van der Waals surface area contributed by atoms with E-state index < -0.39 is 0 Å². The zero-order chi connectivity index (χ0) is 11.2. The highest BCUT2D eigenvalue weighted by Crippen LogP contribution is 2.44. The third-order valence-corrected chi connectivity index (χ3v) is 4.64. The number of likely N-dealkylation sites (tertiary alicyclic amines) is 1. The van der Waals surface area contributed by atoms with Gasteiger partial charge in [0.1, 0.15) is 5.78 Å². The zero-order valence-electron chi connectivity index (χ0n) is 10.4. The molecule has 1 aliphatic carbocycles. The summed E-state index contributed by atoms with van der Waals surface area (Å²) in [6, 6.07) is 0.418. The Hall–Kier alpha value is -0.370. The van der Waals surface area contributed by atoms with Crippen LogP contribution in [0.25, 0.3) is 0 Å². The van der Waals surface area contributed by atoms with Gasteiger partial charge in [-0.3, -0.25) is 9.69 Å². The molecule has 1 heterocycles. The number of rotatable bonds is 2. The second-order valence-electron chi connectivity index (χ2n) is 5.87. The molecule has 1 aliphatic heterocycles. The minimum atomic E-state index is 0.219. The molecule has 0 radical (unpaired) electrons. The molecule has 0 aromatic rings. The average Bonchev–Trinajstić information content (AvgIpc) is 2.97. The molecule has 2 rings (SSSR count). The van der Waals surface area contributed by atoms with Crippen LogP contribution in [0.3, 0.4) is 0 Å². The summed E-state index contributed by atoms with van der Waals surface area (Å²) in [5.74, 6) is 1.53. The van der Waals surface area contributed by atoms with Crippen LogP contribution in [-0.4, -0.2) is 28.8 Å². The Morgan fingerprint density at radius 3 is 2.40 bits per heavy atom. The first kappa shape index (κ1) is 11.1. The second-order valence-corrected chi connectivity index (χ2v) is 5.87. The van der Waals surface area contributed by atoms with Crippen molar-refractivity contribution >= 4 is 5.78 Å². The summed E-state index contributed by atoms with van der Waals surface area (Å²) in [5, 5.41) is 0. The highest BCUT2D eigenvalue weighted by atomic mass is 16.1. The van der Waals surface area contributed by atoms with Crippen molar-refractivity contribution in [1.29, 1.82) is 0 Å². The fourth-order valence-electron chi connectivity index (χ4n) is 3.04. The fraction of sp³-hybridized carbons (Fsp3) is 0.923. The SMILES string of the molecule is CC1C(=O)CCN(C(C)(C)C2CC2)C1C. The van der Waals surface area contributed by atoms with E-state index in [0.717, 1.165) is 18.9 Å². The number of nitrogens with zero attached hydrogens (tertiary/aromatic N) is 1. The summed E-state index contributed by atoms with van der Waals surface area (Å²) in [5.41, 5.74) is 0.300. The van der Waals surface area contributed by atoms with E-state index in [1.54, 1.807) is 0 Å². The van der Waals surface area contributed by atoms with Gasteiger partial charge in [0, 0.05) is 30.5 Å². The van der Waals surface area contributed by atoms with Crippen LogP contribution < -0.4 is 0 Å². The van der Waals surface area contributed by atoms with Crippen molar-refractivity contribution in [3.63, 3.8) is 0 Å². The Balaban J connectivity index is 2.12. The number of ketones is 1. The number of carbonyl (C=O) groups is 1. The molecule has 2 unspecified atom stereocenters. The zero-order valence-corrected chi connectivity index (χ0v) is 10.4. The molecule has 2 nitrogen and oxygen atoms in total. The smallest absolute Gasteiger partial charge is 0.138 e. The molecule has 0 aromatic carbocycles. The van der Waals surface area contributed by atoms with Gasteiger partial charge in [-0.05, 0) is 39.5 Å². The molecule has 1 saturated carbocycles. The quantitative estimate of drug-likeness (QED) is 0.696. The van der Waals surface area contributed by atoms with E-state index >= 15 is 0 Å². The van der Waals surface area contributed by atoms with Gasteiger partial charge in [0.05, 0.1) is 0 Å². The van der Waals surface area contributed by atoms with E-state index in [9.17, 15) is 4.79 Å². The third kappa shape index (κ3) is 1.84. The van der Waals surface area contributed by atoms with Gasteiger partial charge in [-0.2, -0.15) is 0 Å². The summed E-state index contributed by atoms with van der Waals surface area (Å²) in [6.45, 7) is 9.97. The molecule has 0 bridgehead atoms. The molecule has 0 spiro atoms. The van der Waals surface area contributed by atoms with Gasteiger partial charge in [-0.1, -0.05) is 6.92 Å². The average molecular weight is 209 g/mol. The van der Waals surface area contributed by atoms with E-state index in [0.29, 0.717) is 17.4 Å².